The fourth-order valence-corrected chi connectivity index (χ4v) is 11.3. The van der Waals surface area contributed by atoms with Crippen LogP contribution in [0, 0.1) is 34.5 Å². The molecule has 4 N–H and O–H groups in total. The van der Waals surface area contributed by atoms with Crippen molar-refractivity contribution in [2.24, 2.45) is 21.4 Å². The Morgan fingerprint density at radius 1 is 0.986 bits per heavy atom. The number of β-amino-alcohol motifs (C(OH)–C–C–N with tert-alkyl or cyclic N) is 1. The summed E-state index contributed by atoms with van der Waals surface area (Å²) < 4.78 is 6.37. The topological polar surface area (TPSA) is 208 Å². The average Bonchev–Trinajstić information content (AvgIpc) is 3.96. The molecule has 2 aromatic heterocycles. The van der Waals surface area contributed by atoms with Crippen molar-refractivity contribution in [2.45, 2.75) is 157 Å². The molecule has 4 atom stereocenters. The average molecular weight is 1020 g/mol. The van der Waals surface area contributed by atoms with Crippen LogP contribution in [-0.2, 0) is 25.6 Å². The number of benzene rings is 2. The third-order valence-electron chi connectivity index (χ3n) is 13.9. The number of aliphatic hydroxyl groups is 1. The van der Waals surface area contributed by atoms with Crippen LogP contribution < -0.4 is 20.7 Å². The van der Waals surface area contributed by atoms with Crippen molar-refractivity contribution in [1.29, 1.82) is 5.26 Å². The van der Waals surface area contributed by atoms with Gasteiger partial charge in [0.05, 0.1) is 44.5 Å². The Balaban J connectivity index is 0.945. The maximum Gasteiger partial charge on any atom is 0.270 e. The van der Waals surface area contributed by atoms with Gasteiger partial charge < -0.3 is 35.5 Å². The molecule has 72 heavy (non-hydrogen) atoms. The number of halogens is 1. The second kappa shape index (κ2) is 23.8. The summed E-state index contributed by atoms with van der Waals surface area (Å²) in [6.45, 7) is 20.0. The number of nitrogens with one attached hydrogen (secondary N) is 3. The monoisotopic (exact) mass is 1020 g/mol. The molecule has 1 saturated carbocycles. The standard InChI is InChI=1S/C55H71ClN8O7S/c1-11-70-63-39(17-14-15-35-19-26-43(58-30-35)48(67)62-51-54(7,8)52(55(51,9)10)71-41-25-24-38(29-57)42(56)28-41)16-12-13-18-45(66)61-47(53(4,5)6)50(69)64-31-40(65)27-44(64)49(68)60-33(2)36-20-22-37(23-21-36)46-34(3)59-32-72-46/h19-26,28,30,32-33,40,44,47,51-52,65H,11-18,27,31H2,1-10H3,(H,60,68)(H,61,66)(H,62,67)/b63-39+/t33-,40+,44-,47+,51-,52-/m0/s1. The van der Waals surface area contributed by atoms with Crippen LogP contribution in [0.4, 0.5) is 0 Å². The molecule has 1 aliphatic carbocycles. The Kier molecular flexibility index (Phi) is 18.3. The molecule has 4 amide bonds. The van der Waals surface area contributed by atoms with Crippen molar-refractivity contribution in [3.63, 3.8) is 0 Å². The molecule has 0 spiro atoms. The van der Waals surface area contributed by atoms with E-state index in [0.717, 1.165) is 39.4 Å². The Morgan fingerprint density at radius 2 is 1.68 bits per heavy atom. The number of oxime groups is 1. The maximum atomic E-state index is 14.2. The molecule has 1 aliphatic heterocycles. The Morgan fingerprint density at radius 3 is 2.29 bits per heavy atom. The van der Waals surface area contributed by atoms with Gasteiger partial charge >= 0.3 is 0 Å². The van der Waals surface area contributed by atoms with E-state index in [1.54, 1.807) is 41.8 Å². The summed E-state index contributed by atoms with van der Waals surface area (Å²) in [5, 5.41) is 33.9. The summed E-state index contributed by atoms with van der Waals surface area (Å²) in [5.41, 5.74) is 5.80. The molecule has 386 valence electrons. The second-order valence-electron chi connectivity index (χ2n) is 21.4. The third kappa shape index (κ3) is 13.4. The number of carbonyl (C=O) groups is 4. The first kappa shape index (κ1) is 55.4. The lowest BCUT2D eigenvalue weighted by Crippen LogP contribution is -2.74. The summed E-state index contributed by atoms with van der Waals surface area (Å²) in [4.78, 5) is 71.6. The summed E-state index contributed by atoms with van der Waals surface area (Å²) in [6.07, 6.45) is 4.94. The van der Waals surface area contributed by atoms with Gasteiger partial charge in [0, 0.05) is 48.5 Å². The Hall–Kier alpha value is -5.89. The molecular weight excluding hydrogens is 952 g/mol. The first-order chi connectivity index (χ1) is 34.0. The van der Waals surface area contributed by atoms with Gasteiger partial charge in [0.25, 0.3) is 5.91 Å². The normalized spacial score (nSPS) is 20.1. The molecule has 2 fully saturated rings. The molecule has 4 aromatic rings. The van der Waals surface area contributed by atoms with Gasteiger partial charge in [-0.05, 0) is 99.6 Å². The predicted octanol–water partition coefficient (Wildman–Crippen LogP) is 9.30. The maximum absolute atomic E-state index is 14.2. The second-order valence-corrected chi connectivity index (χ2v) is 22.6. The minimum Gasteiger partial charge on any atom is -0.489 e. The summed E-state index contributed by atoms with van der Waals surface area (Å²) in [6, 6.07) is 16.3. The van der Waals surface area contributed by atoms with Crippen LogP contribution in [0.3, 0.4) is 0 Å². The molecule has 6 rings (SSSR count). The molecule has 0 unspecified atom stereocenters. The quantitative estimate of drug-likeness (QED) is 0.0353. The SMILES string of the molecule is CCO/N=C(\CCCCC(=O)N[C@H](C(=O)N1C[C@H](O)C[C@H]1C(=O)N[C@@H](C)c1ccc(-c2scnc2C)cc1)C(C)(C)C)CCCc1ccc(C(=O)N[C@H]2C(C)(C)[C@H](Oc3ccc(C#N)c(Cl)c3)C2(C)C)nc1. The van der Waals surface area contributed by atoms with Crippen molar-refractivity contribution >= 4 is 52.3 Å². The third-order valence-corrected chi connectivity index (χ3v) is 15.2. The number of amides is 4. The van der Waals surface area contributed by atoms with E-state index in [0.29, 0.717) is 60.7 Å². The van der Waals surface area contributed by atoms with E-state index in [2.05, 4.69) is 64.8 Å². The van der Waals surface area contributed by atoms with E-state index < -0.39 is 40.3 Å². The van der Waals surface area contributed by atoms with Crippen LogP contribution in [0.5, 0.6) is 5.75 Å². The number of thiazole rings is 1. The molecule has 2 aromatic carbocycles. The van der Waals surface area contributed by atoms with Crippen molar-refractivity contribution in [3.8, 4) is 22.3 Å². The van der Waals surface area contributed by atoms with E-state index in [9.17, 15) is 29.5 Å². The number of aliphatic hydroxyl groups excluding tert-OH is 1. The highest BCUT2D eigenvalue weighted by atomic mass is 35.5. The first-order valence-corrected chi connectivity index (χ1v) is 26.2. The van der Waals surface area contributed by atoms with E-state index in [4.69, 9.17) is 21.2 Å². The Bertz CT molecular complexity index is 2600. The van der Waals surface area contributed by atoms with Crippen molar-refractivity contribution < 1.29 is 33.9 Å². The number of rotatable bonds is 21. The minimum absolute atomic E-state index is 0.00644. The fraction of sp³-hybridized carbons (Fsp3) is 0.527. The molecular formula is C55H71ClN8O7S. The van der Waals surface area contributed by atoms with Crippen LogP contribution in [0.25, 0.3) is 10.4 Å². The highest BCUT2D eigenvalue weighted by Gasteiger charge is 2.64. The largest absolute Gasteiger partial charge is 0.489 e. The lowest BCUT2D eigenvalue weighted by Gasteiger charge is -2.63. The number of hydrogen-bond acceptors (Lipinski definition) is 12. The van der Waals surface area contributed by atoms with E-state index in [-0.39, 0.29) is 55.3 Å². The number of hydrogen-bond donors (Lipinski definition) is 4. The van der Waals surface area contributed by atoms with E-state index in [1.807, 2.05) is 77.4 Å². The number of ether oxygens (including phenoxy) is 1. The van der Waals surface area contributed by atoms with Gasteiger partial charge in [-0.25, -0.2) is 4.98 Å². The number of aromatic nitrogens is 2. The fourth-order valence-electron chi connectivity index (χ4n) is 10.2. The molecule has 1 saturated heterocycles. The molecule has 0 radical (unpaired) electrons. The van der Waals surface area contributed by atoms with Crippen molar-refractivity contribution in [2.75, 3.05) is 13.2 Å². The van der Waals surface area contributed by atoms with E-state index >= 15 is 0 Å². The van der Waals surface area contributed by atoms with Crippen molar-refractivity contribution in [3.05, 3.63) is 99.4 Å². The van der Waals surface area contributed by atoms with Gasteiger partial charge in [-0.1, -0.05) is 95.6 Å². The summed E-state index contributed by atoms with van der Waals surface area (Å²) in [7, 11) is 0. The Labute approximate surface area is 433 Å². The highest BCUT2D eigenvalue weighted by Crippen LogP contribution is 2.55. The smallest absolute Gasteiger partial charge is 0.270 e. The predicted molar refractivity (Wildman–Crippen MR) is 280 cm³/mol. The molecule has 15 nitrogen and oxygen atoms in total. The number of pyridine rings is 1. The number of likely N-dealkylation sites (tertiary alicyclic amines) is 1. The summed E-state index contributed by atoms with van der Waals surface area (Å²) >= 11 is 7.83. The lowest BCUT2D eigenvalue weighted by atomic mass is 9.49. The number of aryl methyl sites for hydroxylation is 2. The number of nitriles is 1. The van der Waals surface area contributed by atoms with Crippen LogP contribution in [-0.4, -0.2) is 92.8 Å². The van der Waals surface area contributed by atoms with Gasteiger partial charge in [0.2, 0.25) is 17.7 Å². The number of unbranched alkanes of at least 4 members (excludes halogenated alkanes) is 1. The number of carbonyl (C=O) groups excluding carboxylic acids is 4. The van der Waals surface area contributed by atoms with E-state index in [1.165, 1.54) is 4.90 Å². The van der Waals surface area contributed by atoms with Crippen LogP contribution >= 0.6 is 22.9 Å². The summed E-state index contributed by atoms with van der Waals surface area (Å²) in [5.74, 6) is -0.733. The van der Waals surface area contributed by atoms with Gasteiger partial charge in [0.1, 0.15) is 42.3 Å². The lowest BCUT2D eigenvalue weighted by molar-refractivity contribution is -0.164. The van der Waals surface area contributed by atoms with Gasteiger partial charge in [-0.15, -0.1) is 11.3 Å². The van der Waals surface area contributed by atoms with Crippen LogP contribution in [0.15, 0.2) is 71.5 Å². The molecule has 3 heterocycles. The van der Waals surface area contributed by atoms with Gasteiger partial charge in [-0.3, -0.25) is 24.2 Å². The first-order valence-electron chi connectivity index (χ1n) is 24.9. The molecule has 0 bridgehead atoms. The van der Waals surface area contributed by atoms with Crippen LogP contribution in [0.1, 0.15) is 146 Å². The molecule has 17 heteroatoms. The number of nitrogens with zero attached hydrogens (tertiary/aromatic N) is 5. The van der Waals surface area contributed by atoms with Gasteiger partial charge in [0.15, 0.2) is 0 Å². The zero-order valence-electron chi connectivity index (χ0n) is 43.3. The zero-order chi connectivity index (χ0) is 52.5. The van der Waals surface area contributed by atoms with Gasteiger partial charge in [-0.2, -0.15) is 5.26 Å². The molecule has 2 aliphatic rings. The highest BCUT2D eigenvalue weighted by molar-refractivity contribution is 7.13. The van der Waals surface area contributed by atoms with Crippen molar-refractivity contribution in [1.82, 2.24) is 30.8 Å². The zero-order valence-corrected chi connectivity index (χ0v) is 44.9. The minimum atomic E-state index is -0.920. The van der Waals surface area contributed by atoms with Crippen LogP contribution in [0.2, 0.25) is 5.02 Å².